The second kappa shape index (κ2) is 7.85. The number of aromatic nitrogens is 5. The van der Waals surface area contributed by atoms with Crippen molar-refractivity contribution < 1.29 is 18.3 Å². The largest absolute Gasteiger partial charge is 0.493 e. The van der Waals surface area contributed by atoms with Crippen LogP contribution in [0.5, 0.6) is 5.88 Å². The standard InChI is InChI=1S/C22H22F3N5O2/c1-13(2)10-30-17-9-8-16(19(22(23,24)25)20(17)26-27-30)15-6-4-14(5-7-15)11-29-12-18(31)28(3)21(29)32/h4-9,12-13,31H,10-11H2,1-3H3. The number of fused-ring (bicyclic) bond motifs is 1. The summed E-state index contributed by atoms with van der Waals surface area (Å²) in [6, 6.07) is 9.54. The fraction of sp³-hybridized carbons (Fsp3) is 0.318. The van der Waals surface area contributed by atoms with Crippen LogP contribution in [0.3, 0.4) is 0 Å². The first-order chi connectivity index (χ1) is 15.1. The highest BCUT2D eigenvalue weighted by molar-refractivity contribution is 5.87. The van der Waals surface area contributed by atoms with E-state index in [1.165, 1.54) is 28.6 Å². The van der Waals surface area contributed by atoms with Crippen LogP contribution >= 0.6 is 0 Å². The maximum atomic E-state index is 14.0. The monoisotopic (exact) mass is 445 g/mol. The molecule has 0 bridgehead atoms. The Kier molecular flexibility index (Phi) is 5.31. The molecule has 0 unspecified atom stereocenters. The summed E-state index contributed by atoms with van der Waals surface area (Å²) < 4.78 is 46.1. The van der Waals surface area contributed by atoms with Gasteiger partial charge in [-0.15, -0.1) is 5.10 Å². The van der Waals surface area contributed by atoms with Gasteiger partial charge in [-0.2, -0.15) is 13.2 Å². The van der Waals surface area contributed by atoms with Crippen molar-refractivity contribution in [3.05, 3.63) is 64.2 Å². The number of aromatic hydroxyl groups is 1. The molecule has 2 aromatic carbocycles. The van der Waals surface area contributed by atoms with Crippen molar-refractivity contribution in [2.24, 2.45) is 13.0 Å². The van der Waals surface area contributed by atoms with Gasteiger partial charge in [0, 0.05) is 13.6 Å². The van der Waals surface area contributed by atoms with Crippen molar-refractivity contribution >= 4 is 11.0 Å². The molecule has 4 aromatic rings. The number of alkyl halides is 3. The molecular weight excluding hydrogens is 423 g/mol. The van der Waals surface area contributed by atoms with Gasteiger partial charge in [-0.05, 0) is 28.7 Å². The minimum atomic E-state index is -4.61. The molecular formula is C22H22F3N5O2. The topological polar surface area (TPSA) is 77.9 Å². The van der Waals surface area contributed by atoms with E-state index >= 15 is 0 Å². The lowest BCUT2D eigenvalue weighted by Crippen LogP contribution is -2.22. The van der Waals surface area contributed by atoms with Gasteiger partial charge in [-0.3, -0.25) is 9.13 Å². The Balaban J connectivity index is 1.74. The molecule has 0 aliphatic heterocycles. The van der Waals surface area contributed by atoms with Gasteiger partial charge >= 0.3 is 11.9 Å². The summed E-state index contributed by atoms with van der Waals surface area (Å²) in [5.74, 6) is 0.0424. The van der Waals surface area contributed by atoms with E-state index in [1.54, 1.807) is 30.3 Å². The van der Waals surface area contributed by atoms with Gasteiger partial charge in [0.2, 0.25) is 5.88 Å². The summed E-state index contributed by atoms with van der Waals surface area (Å²) in [7, 11) is 1.45. The average Bonchev–Trinajstić information content (AvgIpc) is 3.23. The third kappa shape index (κ3) is 3.88. The lowest BCUT2D eigenvalue weighted by atomic mass is 9.97. The van der Waals surface area contributed by atoms with E-state index in [1.807, 2.05) is 13.8 Å². The number of hydrogen-bond acceptors (Lipinski definition) is 4. The quantitative estimate of drug-likeness (QED) is 0.503. The summed E-state index contributed by atoms with van der Waals surface area (Å²) >= 11 is 0. The number of imidazole rings is 1. The van der Waals surface area contributed by atoms with Crippen LogP contribution in [0.25, 0.3) is 22.2 Å². The summed E-state index contributed by atoms with van der Waals surface area (Å²) in [4.78, 5) is 12.1. The molecule has 0 amide bonds. The number of rotatable bonds is 5. The van der Waals surface area contributed by atoms with Crippen LogP contribution in [0.15, 0.2) is 47.4 Å². The third-order valence-electron chi connectivity index (χ3n) is 5.27. The minimum Gasteiger partial charge on any atom is -0.493 e. The fourth-order valence-corrected chi connectivity index (χ4v) is 3.72. The van der Waals surface area contributed by atoms with Crippen molar-refractivity contribution in [2.45, 2.75) is 33.1 Å². The number of benzene rings is 2. The molecule has 4 rings (SSSR count). The van der Waals surface area contributed by atoms with Crippen molar-refractivity contribution in [2.75, 3.05) is 0 Å². The average molecular weight is 445 g/mol. The minimum absolute atomic E-state index is 0.0164. The van der Waals surface area contributed by atoms with Gasteiger partial charge < -0.3 is 5.11 Å². The SMILES string of the molecule is CC(C)Cn1nnc2c(C(F)(F)F)c(-c3ccc(Cn4cc(O)n(C)c4=O)cc3)ccc21. The Morgan fingerprint density at radius 2 is 1.78 bits per heavy atom. The van der Waals surface area contributed by atoms with Gasteiger partial charge in [0.25, 0.3) is 0 Å². The molecule has 32 heavy (non-hydrogen) atoms. The smallest absolute Gasteiger partial charge is 0.419 e. The Labute approximate surface area is 181 Å². The van der Waals surface area contributed by atoms with Gasteiger partial charge in [-0.1, -0.05) is 49.4 Å². The molecule has 2 aromatic heterocycles. The maximum Gasteiger partial charge on any atom is 0.419 e. The van der Waals surface area contributed by atoms with Crippen molar-refractivity contribution in [3.63, 3.8) is 0 Å². The molecule has 10 heteroatoms. The third-order valence-corrected chi connectivity index (χ3v) is 5.27. The Hall–Kier alpha value is -3.56. The van der Waals surface area contributed by atoms with E-state index in [0.29, 0.717) is 23.2 Å². The van der Waals surface area contributed by atoms with E-state index in [0.717, 1.165) is 4.57 Å². The summed E-state index contributed by atoms with van der Waals surface area (Å²) in [5, 5.41) is 17.4. The predicted octanol–water partition coefficient (Wildman–Crippen LogP) is 4.03. The predicted molar refractivity (Wildman–Crippen MR) is 113 cm³/mol. The van der Waals surface area contributed by atoms with Crippen LogP contribution < -0.4 is 5.69 Å². The summed E-state index contributed by atoms with van der Waals surface area (Å²) in [6.07, 6.45) is -3.30. The molecule has 0 spiro atoms. The molecule has 0 saturated heterocycles. The van der Waals surface area contributed by atoms with E-state index in [-0.39, 0.29) is 35.1 Å². The van der Waals surface area contributed by atoms with Crippen molar-refractivity contribution in [3.8, 4) is 17.0 Å². The van der Waals surface area contributed by atoms with Gasteiger partial charge in [0.15, 0.2) is 0 Å². The molecule has 7 nitrogen and oxygen atoms in total. The van der Waals surface area contributed by atoms with Gasteiger partial charge in [0.1, 0.15) is 5.52 Å². The van der Waals surface area contributed by atoms with E-state index in [4.69, 9.17) is 0 Å². The van der Waals surface area contributed by atoms with Gasteiger partial charge in [-0.25, -0.2) is 9.48 Å². The maximum absolute atomic E-state index is 14.0. The van der Waals surface area contributed by atoms with E-state index in [9.17, 15) is 23.1 Å². The van der Waals surface area contributed by atoms with Crippen LogP contribution in [0.1, 0.15) is 25.0 Å². The highest BCUT2D eigenvalue weighted by Gasteiger charge is 2.37. The van der Waals surface area contributed by atoms with Crippen LogP contribution in [0, 0.1) is 5.92 Å². The van der Waals surface area contributed by atoms with Crippen LogP contribution in [-0.4, -0.2) is 29.2 Å². The molecule has 0 radical (unpaired) electrons. The first-order valence-corrected chi connectivity index (χ1v) is 10.0. The van der Waals surface area contributed by atoms with Gasteiger partial charge in [0.05, 0.1) is 23.8 Å². The second-order valence-corrected chi connectivity index (χ2v) is 8.17. The zero-order valence-corrected chi connectivity index (χ0v) is 17.8. The molecule has 0 aliphatic carbocycles. The molecule has 0 fully saturated rings. The van der Waals surface area contributed by atoms with Crippen molar-refractivity contribution in [1.82, 2.24) is 24.1 Å². The van der Waals surface area contributed by atoms with Crippen LogP contribution in [0.4, 0.5) is 13.2 Å². The molecule has 1 N–H and O–H groups in total. The van der Waals surface area contributed by atoms with Crippen molar-refractivity contribution in [1.29, 1.82) is 0 Å². The van der Waals surface area contributed by atoms with Crippen LogP contribution in [-0.2, 0) is 26.3 Å². The first kappa shape index (κ1) is 21.7. The second-order valence-electron chi connectivity index (χ2n) is 8.17. The molecule has 2 heterocycles. The zero-order valence-electron chi connectivity index (χ0n) is 17.8. The number of halogens is 3. The molecule has 0 saturated carbocycles. The molecule has 168 valence electrons. The Bertz CT molecular complexity index is 1330. The lowest BCUT2D eigenvalue weighted by Gasteiger charge is -2.14. The lowest BCUT2D eigenvalue weighted by molar-refractivity contribution is -0.135. The summed E-state index contributed by atoms with van der Waals surface area (Å²) in [5.41, 5.74) is 0.0646. The van der Waals surface area contributed by atoms with E-state index in [2.05, 4.69) is 10.3 Å². The van der Waals surface area contributed by atoms with Crippen LogP contribution in [0.2, 0.25) is 0 Å². The summed E-state index contributed by atoms with van der Waals surface area (Å²) in [6.45, 7) is 4.57. The molecule has 0 aliphatic rings. The number of nitrogens with zero attached hydrogens (tertiary/aromatic N) is 5. The highest BCUT2D eigenvalue weighted by atomic mass is 19.4. The van der Waals surface area contributed by atoms with E-state index < -0.39 is 11.7 Å². The fourth-order valence-electron chi connectivity index (χ4n) is 3.72. The molecule has 0 atom stereocenters. The zero-order chi connectivity index (χ0) is 23.2. The Morgan fingerprint density at radius 1 is 1.09 bits per heavy atom. The Morgan fingerprint density at radius 3 is 2.34 bits per heavy atom. The highest BCUT2D eigenvalue weighted by Crippen LogP contribution is 2.41. The first-order valence-electron chi connectivity index (χ1n) is 10.0. The normalized spacial score (nSPS) is 12.2. The number of hydrogen-bond donors (Lipinski definition) is 1.